The molecule has 7 nitrogen and oxygen atoms in total. The molecule has 1 atom stereocenters. The van der Waals surface area contributed by atoms with Crippen molar-refractivity contribution >= 4 is 51.4 Å². The van der Waals surface area contributed by atoms with E-state index in [0.29, 0.717) is 27.0 Å². The third-order valence-electron chi connectivity index (χ3n) is 5.00. The highest BCUT2D eigenvalue weighted by Crippen LogP contribution is 2.37. The molecule has 2 N–H and O–H groups in total. The van der Waals surface area contributed by atoms with Crippen molar-refractivity contribution in [3.63, 3.8) is 0 Å². The lowest BCUT2D eigenvalue weighted by Gasteiger charge is -2.25. The van der Waals surface area contributed by atoms with Crippen LogP contribution >= 0.6 is 22.9 Å². The Balaban J connectivity index is 1.54. The van der Waals surface area contributed by atoms with E-state index in [1.807, 2.05) is 13.0 Å². The van der Waals surface area contributed by atoms with Crippen molar-refractivity contribution in [2.75, 3.05) is 17.2 Å². The Morgan fingerprint density at radius 2 is 1.97 bits per heavy atom. The summed E-state index contributed by atoms with van der Waals surface area (Å²) in [5.74, 6) is -0.899. The SMILES string of the molecule is CCOC(=O)c1c(-c2ccc(Cl)cc2)csc1NC(=O)CC1Oc2ccc(C)cc2NC1=O. The van der Waals surface area contributed by atoms with Crippen LogP contribution < -0.4 is 15.4 Å². The van der Waals surface area contributed by atoms with Crippen molar-refractivity contribution < 1.29 is 23.9 Å². The molecule has 33 heavy (non-hydrogen) atoms. The van der Waals surface area contributed by atoms with Gasteiger partial charge in [0.1, 0.15) is 16.3 Å². The van der Waals surface area contributed by atoms with E-state index < -0.39 is 23.9 Å². The number of nitrogens with one attached hydrogen (secondary N) is 2. The number of fused-ring (bicyclic) bond motifs is 1. The Morgan fingerprint density at radius 1 is 1.21 bits per heavy atom. The molecule has 170 valence electrons. The summed E-state index contributed by atoms with van der Waals surface area (Å²) in [4.78, 5) is 37.9. The minimum absolute atomic E-state index is 0.192. The Hall–Kier alpha value is -3.36. The molecular weight excluding hydrogens is 464 g/mol. The molecule has 4 rings (SSSR count). The fourth-order valence-electron chi connectivity index (χ4n) is 3.44. The van der Waals surface area contributed by atoms with E-state index in [-0.39, 0.29) is 18.6 Å². The second kappa shape index (κ2) is 9.64. The molecule has 0 bridgehead atoms. The van der Waals surface area contributed by atoms with Gasteiger partial charge in [0.25, 0.3) is 5.91 Å². The Bertz CT molecular complexity index is 1220. The molecule has 3 aromatic rings. The van der Waals surface area contributed by atoms with E-state index in [1.165, 1.54) is 11.3 Å². The zero-order valence-corrected chi connectivity index (χ0v) is 19.5. The zero-order chi connectivity index (χ0) is 23.5. The molecule has 0 radical (unpaired) electrons. The van der Waals surface area contributed by atoms with E-state index in [4.69, 9.17) is 21.1 Å². The van der Waals surface area contributed by atoms with Crippen molar-refractivity contribution in [1.29, 1.82) is 0 Å². The standard InChI is InChI=1S/C24H21ClN2O5S/c1-3-31-24(30)21-16(14-5-7-15(25)8-6-14)12-33-23(21)27-20(28)11-19-22(29)26-17-10-13(2)4-9-18(17)32-19/h4-10,12,19H,3,11H2,1-2H3,(H,26,29)(H,27,28). The number of aryl methyl sites for hydroxylation is 1. The molecule has 1 aromatic heterocycles. The molecule has 1 unspecified atom stereocenters. The largest absolute Gasteiger partial charge is 0.478 e. The van der Waals surface area contributed by atoms with Crippen LogP contribution in [0.2, 0.25) is 5.02 Å². The fourth-order valence-corrected chi connectivity index (χ4v) is 4.54. The summed E-state index contributed by atoms with van der Waals surface area (Å²) >= 11 is 7.18. The van der Waals surface area contributed by atoms with Gasteiger partial charge >= 0.3 is 5.97 Å². The topological polar surface area (TPSA) is 93.7 Å². The van der Waals surface area contributed by atoms with E-state index in [9.17, 15) is 14.4 Å². The highest BCUT2D eigenvalue weighted by Gasteiger charge is 2.31. The average Bonchev–Trinajstić information content (AvgIpc) is 3.18. The number of halogens is 1. The molecule has 0 fully saturated rings. The number of carbonyl (C=O) groups is 3. The Kier molecular flexibility index (Phi) is 6.67. The lowest BCUT2D eigenvalue weighted by molar-refractivity contribution is -0.128. The summed E-state index contributed by atoms with van der Waals surface area (Å²) in [5.41, 5.74) is 3.21. The number of rotatable bonds is 6. The first-order valence-corrected chi connectivity index (χ1v) is 11.5. The van der Waals surface area contributed by atoms with Gasteiger partial charge in [-0.25, -0.2) is 4.79 Å². The van der Waals surface area contributed by atoms with Crippen LogP contribution in [0.25, 0.3) is 11.1 Å². The smallest absolute Gasteiger partial charge is 0.341 e. The summed E-state index contributed by atoms with van der Waals surface area (Å²) in [7, 11) is 0. The predicted octanol–water partition coefficient (Wildman–Crippen LogP) is 5.28. The highest BCUT2D eigenvalue weighted by atomic mass is 35.5. The Morgan fingerprint density at radius 3 is 2.70 bits per heavy atom. The lowest BCUT2D eigenvalue weighted by atomic mass is 10.0. The van der Waals surface area contributed by atoms with E-state index in [2.05, 4.69) is 10.6 Å². The third kappa shape index (κ3) is 5.02. The van der Waals surface area contributed by atoms with Gasteiger partial charge in [0.15, 0.2) is 6.10 Å². The number of carbonyl (C=O) groups excluding carboxylic acids is 3. The maximum Gasteiger partial charge on any atom is 0.341 e. The van der Waals surface area contributed by atoms with Crippen LogP contribution in [0.1, 0.15) is 29.3 Å². The minimum Gasteiger partial charge on any atom is -0.478 e. The van der Waals surface area contributed by atoms with E-state index >= 15 is 0 Å². The maximum absolute atomic E-state index is 12.8. The average molecular weight is 485 g/mol. The van der Waals surface area contributed by atoms with Gasteiger partial charge in [0, 0.05) is 16.0 Å². The first kappa shape index (κ1) is 22.8. The molecule has 0 aliphatic carbocycles. The van der Waals surface area contributed by atoms with Crippen LogP contribution in [0.15, 0.2) is 47.8 Å². The van der Waals surface area contributed by atoms with Gasteiger partial charge < -0.3 is 20.1 Å². The first-order valence-electron chi connectivity index (χ1n) is 10.3. The number of ether oxygens (including phenoxy) is 2. The van der Waals surface area contributed by atoms with Crippen molar-refractivity contribution in [2.45, 2.75) is 26.4 Å². The molecule has 2 heterocycles. The van der Waals surface area contributed by atoms with E-state index in [0.717, 1.165) is 11.1 Å². The summed E-state index contributed by atoms with van der Waals surface area (Å²) < 4.78 is 10.9. The maximum atomic E-state index is 12.8. The molecule has 1 aliphatic heterocycles. The van der Waals surface area contributed by atoms with E-state index in [1.54, 1.807) is 48.7 Å². The van der Waals surface area contributed by atoms with Crippen molar-refractivity contribution in [1.82, 2.24) is 0 Å². The lowest BCUT2D eigenvalue weighted by Crippen LogP contribution is -2.39. The number of hydrogen-bond acceptors (Lipinski definition) is 6. The molecule has 0 saturated heterocycles. The van der Waals surface area contributed by atoms with Crippen LogP contribution in [-0.2, 0) is 14.3 Å². The van der Waals surface area contributed by atoms with Gasteiger partial charge in [-0.3, -0.25) is 9.59 Å². The molecule has 2 amide bonds. The second-order valence-electron chi connectivity index (χ2n) is 7.43. The fraction of sp³-hybridized carbons (Fsp3) is 0.208. The van der Waals surface area contributed by atoms with Crippen LogP contribution in [0.5, 0.6) is 5.75 Å². The van der Waals surface area contributed by atoms with Crippen molar-refractivity contribution in [2.24, 2.45) is 0 Å². The summed E-state index contributed by atoms with van der Waals surface area (Å²) in [5, 5.41) is 8.20. The van der Waals surface area contributed by atoms with Gasteiger partial charge in [-0.05, 0) is 49.2 Å². The third-order valence-corrected chi connectivity index (χ3v) is 6.15. The van der Waals surface area contributed by atoms with Gasteiger partial charge in [0.2, 0.25) is 5.91 Å². The summed E-state index contributed by atoms with van der Waals surface area (Å²) in [6.07, 6.45) is -1.20. The zero-order valence-electron chi connectivity index (χ0n) is 17.9. The minimum atomic E-state index is -0.984. The van der Waals surface area contributed by atoms with Gasteiger partial charge in [0.05, 0.1) is 18.7 Å². The molecule has 0 saturated carbocycles. The predicted molar refractivity (Wildman–Crippen MR) is 128 cm³/mol. The van der Waals surface area contributed by atoms with Crippen LogP contribution in [0.4, 0.5) is 10.7 Å². The molecule has 1 aliphatic rings. The van der Waals surface area contributed by atoms with Gasteiger partial charge in [-0.15, -0.1) is 11.3 Å². The molecule has 2 aromatic carbocycles. The molecular formula is C24H21ClN2O5S. The van der Waals surface area contributed by atoms with Crippen molar-refractivity contribution in [3.8, 4) is 16.9 Å². The quantitative estimate of drug-likeness (QED) is 0.464. The van der Waals surface area contributed by atoms with Gasteiger partial charge in [-0.2, -0.15) is 0 Å². The van der Waals surface area contributed by atoms with Crippen molar-refractivity contribution in [3.05, 3.63) is 64.0 Å². The number of amides is 2. The monoisotopic (exact) mass is 484 g/mol. The molecule has 0 spiro atoms. The number of anilines is 2. The highest BCUT2D eigenvalue weighted by molar-refractivity contribution is 7.15. The normalized spacial score (nSPS) is 14.6. The Labute approximate surface area is 199 Å². The number of thiophene rings is 1. The number of benzene rings is 2. The first-order chi connectivity index (χ1) is 15.9. The van der Waals surface area contributed by atoms with Crippen LogP contribution in [0, 0.1) is 6.92 Å². The van der Waals surface area contributed by atoms with Crippen LogP contribution in [0.3, 0.4) is 0 Å². The van der Waals surface area contributed by atoms with Crippen LogP contribution in [-0.4, -0.2) is 30.5 Å². The number of hydrogen-bond donors (Lipinski definition) is 2. The molecule has 9 heteroatoms. The second-order valence-corrected chi connectivity index (χ2v) is 8.74. The summed E-state index contributed by atoms with van der Waals surface area (Å²) in [6.45, 7) is 3.81. The number of esters is 1. The summed E-state index contributed by atoms with van der Waals surface area (Å²) in [6, 6.07) is 12.4. The van der Waals surface area contributed by atoms with Gasteiger partial charge in [-0.1, -0.05) is 29.8 Å².